The lowest BCUT2D eigenvalue weighted by molar-refractivity contribution is 0.295. The van der Waals surface area contributed by atoms with Crippen molar-refractivity contribution in [3.05, 3.63) is 0 Å². The minimum atomic E-state index is 0.383. The third-order valence-corrected chi connectivity index (χ3v) is 2.53. The predicted octanol–water partition coefficient (Wildman–Crippen LogP) is 2.24. The van der Waals surface area contributed by atoms with Crippen LogP contribution >= 0.6 is 0 Å². The molecule has 0 radical (unpaired) electrons. The summed E-state index contributed by atoms with van der Waals surface area (Å²) in [6.07, 6.45) is 5.13. The molecule has 0 aliphatic rings. The SMILES string of the molecule is CCN(CC)CCCCCC(C)N. The summed E-state index contributed by atoms with van der Waals surface area (Å²) < 4.78 is 0. The van der Waals surface area contributed by atoms with Crippen LogP contribution in [0.15, 0.2) is 0 Å². The Morgan fingerprint density at radius 1 is 1.08 bits per heavy atom. The standard InChI is InChI=1S/C11H26N2/c1-4-13(5-2)10-8-6-7-9-11(3)12/h11H,4-10,12H2,1-3H3. The van der Waals surface area contributed by atoms with E-state index in [9.17, 15) is 0 Å². The van der Waals surface area contributed by atoms with Gasteiger partial charge in [0.15, 0.2) is 0 Å². The Hall–Kier alpha value is -0.0800. The van der Waals surface area contributed by atoms with E-state index < -0.39 is 0 Å². The summed E-state index contributed by atoms with van der Waals surface area (Å²) in [5.41, 5.74) is 5.68. The van der Waals surface area contributed by atoms with E-state index in [1.54, 1.807) is 0 Å². The molecule has 0 fully saturated rings. The maximum absolute atomic E-state index is 5.68. The van der Waals surface area contributed by atoms with Gasteiger partial charge in [0.25, 0.3) is 0 Å². The Morgan fingerprint density at radius 3 is 2.15 bits per heavy atom. The van der Waals surface area contributed by atoms with Gasteiger partial charge in [-0.25, -0.2) is 0 Å². The van der Waals surface area contributed by atoms with Gasteiger partial charge in [0, 0.05) is 6.04 Å². The molecule has 0 aliphatic carbocycles. The second-order valence-corrected chi connectivity index (χ2v) is 3.85. The van der Waals surface area contributed by atoms with E-state index in [0.717, 1.165) is 0 Å². The van der Waals surface area contributed by atoms with Gasteiger partial charge in [0.05, 0.1) is 0 Å². The molecule has 80 valence electrons. The lowest BCUT2D eigenvalue weighted by Crippen LogP contribution is -2.24. The number of nitrogens with two attached hydrogens (primary N) is 1. The van der Waals surface area contributed by atoms with Crippen molar-refractivity contribution in [3.63, 3.8) is 0 Å². The fraction of sp³-hybridized carbons (Fsp3) is 1.00. The summed E-state index contributed by atoms with van der Waals surface area (Å²) in [6.45, 7) is 10.2. The second-order valence-electron chi connectivity index (χ2n) is 3.85. The maximum Gasteiger partial charge on any atom is 0.00104 e. The lowest BCUT2D eigenvalue weighted by Gasteiger charge is -2.17. The van der Waals surface area contributed by atoms with Gasteiger partial charge in [-0.2, -0.15) is 0 Å². The van der Waals surface area contributed by atoms with E-state index in [0.29, 0.717) is 6.04 Å². The average Bonchev–Trinajstić information content (AvgIpc) is 2.11. The molecule has 0 aromatic rings. The van der Waals surface area contributed by atoms with Crippen LogP contribution < -0.4 is 5.73 Å². The van der Waals surface area contributed by atoms with Gasteiger partial charge in [-0.05, 0) is 39.4 Å². The lowest BCUT2D eigenvalue weighted by atomic mass is 10.1. The summed E-state index contributed by atoms with van der Waals surface area (Å²) in [7, 11) is 0. The molecule has 2 heteroatoms. The fourth-order valence-electron chi connectivity index (χ4n) is 1.52. The Labute approximate surface area is 83.5 Å². The van der Waals surface area contributed by atoms with E-state index in [2.05, 4.69) is 25.7 Å². The monoisotopic (exact) mass is 186 g/mol. The molecule has 0 aromatic heterocycles. The van der Waals surface area contributed by atoms with Gasteiger partial charge < -0.3 is 10.6 Å². The van der Waals surface area contributed by atoms with E-state index >= 15 is 0 Å². The first-order valence-electron chi connectivity index (χ1n) is 5.68. The molecule has 13 heavy (non-hydrogen) atoms. The largest absolute Gasteiger partial charge is 0.328 e. The highest BCUT2D eigenvalue weighted by Crippen LogP contribution is 2.03. The van der Waals surface area contributed by atoms with Crippen molar-refractivity contribution in [2.24, 2.45) is 5.73 Å². The van der Waals surface area contributed by atoms with Crippen molar-refractivity contribution < 1.29 is 0 Å². The molecule has 0 amide bonds. The molecule has 1 atom stereocenters. The van der Waals surface area contributed by atoms with Crippen LogP contribution in [0.4, 0.5) is 0 Å². The number of unbranched alkanes of at least 4 members (excludes halogenated alkanes) is 2. The highest BCUT2D eigenvalue weighted by molar-refractivity contribution is 4.56. The zero-order valence-corrected chi connectivity index (χ0v) is 9.55. The van der Waals surface area contributed by atoms with Gasteiger partial charge in [-0.15, -0.1) is 0 Å². The van der Waals surface area contributed by atoms with Crippen molar-refractivity contribution in [3.8, 4) is 0 Å². The summed E-state index contributed by atoms with van der Waals surface area (Å²) in [4.78, 5) is 2.48. The molecule has 0 rings (SSSR count). The van der Waals surface area contributed by atoms with Crippen molar-refractivity contribution in [2.45, 2.75) is 52.5 Å². The number of rotatable bonds is 8. The van der Waals surface area contributed by atoms with Crippen LogP contribution in [0.1, 0.15) is 46.5 Å². The Bertz CT molecular complexity index is 98.3. The minimum Gasteiger partial charge on any atom is -0.328 e. The average molecular weight is 186 g/mol. The van der Waals surface area contributed by atoms with Gasteiger partial charge in [-0.1, -0.05) is 26.7 Å². The third kappa shape index (κ3) is 8.26. The zero-order chi connectivity index (χ0) is 10.1. The first-order valence-corrected chi connectivity index (χ1v) is 5.68. The van der Waals surface area contributed by atoms with Crippen LogP contribution in [0.25, 0.3) is 0 Å². The number of hydrogen-bond donors (Lipinski definition) is 1. The third-order valence-electron chi connectivity index (χ3n) is 2.53. The van der Waals surface area contributed by atoms with E-state index in [-0.39, 0.29) is 0 Å². The van der Waals surface area contributed by atoms with Gasteiger partial charge in [0.2, 0.25) is 0 Å². The topological polar surface area (TPSA) is 29.3 Å². The second kappa shape index (κ2) is 8.52. The van der Waals surface area contributed by atoms with Crippen LogP contribution in [-0.2, 0) is 0 Å². The molecule has 0 saturated carbocycles. The smallest absolute Gasteiger partial charge is 0.00104 e. The van der Waals surface area contributed by atoms with Crippen molar-refractivity contribution in [2.75, 3.05) is 19.6 Å². The molecule has 0 saturated heterocycles. The molecule has 0 aliphatic heterocycles. The molecular weight excluding hydrogens is 160 g/mol. The van der Waals surface area contributed by atoms with E-state index in [1.165, 1.54) is 45.3 Å². The van der Waals surface area contributed by atoms with Crippen molar-refractivity contribution in [1.29, 1.82) is 0 Å². The Balaban J connectivity index is 3.14. The summed E-state index contributed by atoms with van der Waals surface area (Å²) in [6, 6.07) is 0.383. The minimum absolute atomic E-state index is 0.383. The van der Waals surface area contributed by atoms with Crippen molar-refractivity contribution >= 4 is 0 Å². The van der Waals surface area contributed by atoms with Gasteiger partial charge in [0.1, 0.15) is 0 Å². The molecule has 0 bridgehead atoms. The van der Waals surface area contributed by atoms with E-state index in [1.807, 2.05) is 0 Å². The number of hydrogen-bond acceptors (Lipinski definition) is 2. The predicted molar refractivity (Wildman–Crippen MR) is 59.9 cm³/mol. The van der Waals surface area contributed by atoms with Crippen molar-refractivity contribution in [1.82, 2.24) is 4.90 Å². The first-order chi connectivity index (χ1) is 6.20. The Morgan fingerprint density at radius 2 is 1.69 bits per heavy atom. The summed E-state index contributed by atoms with van der Waals surface area (Å²) >= 11 is 0. The van der Waals surface area contributed by atoms with Crippen LogP contribution in [0.2, 0.25) is 0 Å². The summed E-state index contributed by atoms with van der Waals surface area (Å²) in [5.74, 6) is 0. The number of nitrogens with zero attached hydrogens (tertiary/aromatic N) is 1. The molecule has 2 N–H and O–H groups in total. The maximum atomic E-state index is 5.68. The van der Waals surface area contributed by atoms with Gasteiger partial charge in [-0.3, -0.25) is 0 Å². The Kier molecular flexibility index (Phi) is 8.46. The van der Waals surface area contributed by atoms with Crippen LogP contribution in [0.5, 0.6) is 0 Å². The molecule has 0 spiro atoms. The fourth-order valence-corrected chi connectivity index (χ4v) is 1.52. The molecule has 0 heterocycles. The van der Waals surface area contributed by atoms with Crippen LogP contribution in [0, 0.1) is 0 Å². The first kappa shape index (κ1) is 12.9. The van der Waals surface area contributed by atoms with E-state index in [4.69, 9.17) is 5.73 Å². The highest BCUT2D eigenvalue weighted by Gasteiger charge is 1.98. The van der Waals surface area contributed by atoms with Crippen LogP contribution in [0.3, 0.4) is 0 Å². The molecule has 2 nitrogen and oxygen atoms in total. The van der Waals surface area contributed by atoms with Crippen LogP contribution in [-0.4, -0.2) is 30.6 Å². The zero-order valence-electron chi connectivity index (χ0n) is 9.55. The van der Waals surface area contributed by atoms with Gasteiger partial charge >= 0.3 is 0 Å². The summed E-state index contributed by atoms with van der Waals surface area (Å²) in [5, 5.41) is 0. The highest BCUT2D eigenvalue weighted by atomic mass is 15.1. The molecule has 0 aromatic carbocycles. The molecule has 1 unspecified atom stereocenters. The molecular formula is C11H26N2. The normalized spacial score (nSPS) is 13.6. The quantitative estimate of drug-likeness (QED) is 0.589.